The highest BCUT2D eigenvalue weighted by molar-refractivity contribution is 4.44. The van der Waals surface area contributed by atoms with Gasteiger partial charge in [-0.1, -0.05) is 57.4 Å². The average Bonchev–Trinajstić information content (AvgIpc) is 1.98. The Kier molecular flexibility index (Phi) is 70.7. The van der Waals surface area contributed by atoms with E-state index in [0.717, 1.165) is 13.2 Å². The van der Waals surface area contributed by atoms with Gasteiger partial charge in [0.2, 0.25) is 0 Å². The first-order valence-electron chi connectivity index (χ1n) is 3.96. The van der Waals surface area contributed by atoms with E-state index in [2.05, 4.69) is 13.8 Å². The van der Waals surface area contributed by atoms with Crippen molar-refractivity contribution < 1.29 is 9.47 Å². The second-order valence-corrected chi connectivity index (χ2v) is 2.49. The molecule has 15 heavy (non-hydrogen) atoms. The van der Waals surface area contributed by atoms with Crippen LogP contribution in [0.4, 0.5) is 0 Å². The second-order valence-electron chi connectivity index (χ2n) is 2.49. The lowest BCUT2D eigenvalue weighted by Gasteiger charge is -2.08. The molecule has 0 aliphatic rings. The molecular weight excluding hydrogens is 188 g/mol. The smallest absolute Gasteiger partial charge is 0.146 e. The molecule has 0 aromatic rings. The van der Waals surface area contributed by atoms with Crippen LogP contribution >= 0.6 is 0 Å². The normalized spacial score (nSPS) is 9.00. The van der Waals surface area contributed by atoms with E-state index in [0.29, 0.717) is 12.7 Å². The zero-order valence-corrected chi connectivity index (χ0v) is 7.22. The molecule has 0 saturated carbocycles. The lowest BCUT2D eigenvalue weighted by Crippen LogP contribution is -2.07. The van der Waals surface area contributed by atoms with E-state index < -0.39 is 0 Å². The fourth-order valence-corrected chi connectivity index (χ4v) is 0.509. The molecule has 1 atom stereocenters. The summed E-state index contributed by atoms with van der Waals surface area (Å²) >= 11 is 0. The molecular formula is C13H38O2. The minimum absolute atomic E-state index is 0. The lowest BCUT2D eigenvalue weighted by molar-refractivity contribution is -0.0590. The summed E-state index contributed by atoms with van der Waals surface area (Å²) in [6.07, 6.45) is 1.17. The summed E-state index contributed by atoms with van der Waals surface area (Å²) in [5, 5.41) is 0. The zero-order valence-electron chi connectivity index (χ0n) is 7.22. The maximum Gasteiger partial charge on any atom is 0.146 e. The van der Waals surface area contributed by atoms with Gasteiger partial charge in [-0.3, -0.25) is 0 Å². The Morgan fingerprint density at radius 2 is 1.33 bits per heavy atom. The van der Waals surface area contributed by atoms with Crippen LogP contribution in [0.1, 0.15) is 64.3 Å². The fourth-order valence-electron chi connectivity index (χ4n) is 0.509. The average molecular weight is 226 g/mol. The Balaban J connectivity index is -0.0000000405. The van der Waals surface area contributed by atoms with Crippen LogP contribution in [0, 0.1) is 5.92 Å². The molecule has 0 fully saturated rings. The molecule has 0 aliphatic heterocycles. The van der Waals surface area contributed by atoms with Gasteiger partial charge in [0, 0.05) is 6.61 Å². The molecule has 0 rings (SSSR count). The SMILES string of the molecule is C.C.C.C.C.CCOCOCC(C)CC. The molecule has 0 spiro atoms. The van der Waals surface area contributed by atoms with E-state index in [4.69, 9.17) is 9.47 Å². The molecule has 0 N–H and O–H groups in total. The maximum absolute atomic E-state index is 5.20. The van der Waals surface area contributed by atoms with Crippen LogP contribution < -0.4 is 0 Å². The summed E-state index contributed by atoms with van der Waals surface area (Å²) in [6.45, 7) is 8.30. The third-order valence-corrected chi connectivity index (χ3v) is 1.47. The van der Waals surface area contributed by atoms with Gasteiger partial charge in [-0.25, -0.2) is 0 Å². The Bertz CT molecular complexity index is 65.6. The molecule has 0 amide bonds. The van der Waals surface area contributed by atoms with Crippen LogP contribution in [0.25, 0.3) is 0 Å². The molecule has 0 bridgehead atoms. The van der Waals surface area contributed by atoms with E-state index in [1.807, 2.05) is 6.92 Å². The summed E-state index contributed by atoms with van der Waals surface area (Å²) < 4.78 is 10.2. The predicted octanol–water partition coefficient (Wildman–Crippen LogP) is 5.22. The van der Waals surface area contributed by atoms with E-state index in [1.165, 1.54) is 6.42 Å². The second kappa shape index (κ2) is 29.2. The molecule has 2 heteroatoms. The van der Waals surface area contributed by atoms with Gasteiger partial charge >= 0.3 is 0 Å². The number of hydrogen-bond acceptors (Lipinski definition) is 2. The third-order valence-electron chi connectivity index (χ3n) is 1.47. The first-order valence-corrected chi connectivity index (χ1v) is 3.96. The summed E-state index contributed by atoms with van der Waals surface area (Å²) in [6, 6.07) is 0. The van der Waals surface area contributed by atoms with Crippen molar-refractivity contribution in [2.45, 2.75) is 64.3 Å². The molecule has 0 saturated heterocycles. The van der Waals surface area contributed by atoms with Crippen LogP contribution in [0.5, 0.6) is 0 Å². The van der Waals surface area contributed by atoms with Gasteiger partial charge in [-0.15, -0.1) is 0 Å². The van der Waals surface area contributed by atoms with Crippen LogP contribution in [-0.2, 0) is 9.47 Å². The number of rotatable bonds is 6. The van der Waals surface area contributed by atoms with E-state index in [9.17, 15) is 0 Å². The van der Waals surface area contributed by atoms with Crippen molar-refractivity contribution in [2.24, 2.45) is 5.92 Å². The van der Waals surface area contributed by atoms with Gasteiger partial charge in [0.05, 0.1) is 6.61 Å². The summed E-state index contributed by atoms with van der Waals surface area (Å²) in [5.74, 6) is 0.653. The molecule has 0 aromatic heterocycles. The van der Waals surface area contributed by atoms with E-state index >= 15 is 0 Å². The Morgan fingerprint density at radius 1 is 0.867 bits per heavy atom. The minimum atomic E-state index is 0. The number of hydrogen-bond donors (Lipinski definition) is 0. The van der Waals surface area contributed by atoms with Crippen molar-refractivity contribution in [3.63, 3.8) is 0 Å². The number of ether oxygens (including phenoxy) is 2. The van der Waals surface area contributed by atoms with Gasteiger partial charge in [0.1, 0.15) is 6.79 Å². The van der Waals surface area contributed by atoms with Crippen molar-refractivity contribution >= 4 is 0 Å². The van der Waals surface area contributed by atoms with Gasteiger partial charge in [-0.05, 0) is 12.8 Å². The van der Waals surface area contributed by atoms with Crippen LogP contribution in [0.15, 0.2) is 0 Å². The monoisotopic (exact) mass is 226 g/mol. The van der Waals surface area contributed by atoms with E-state index in [1.54, 1.807) is 0 Å². The highest BCUT2D eigenvalue weighted by Gasteiger charge is 1.96. The Labute approximate surface area is 100 Å². The molecule has 2 nitrogen and oxygen atoms in total. The zero-order chi connectivity index (χ0) is 7.82. The first-order chi connectivity index (χ1) is 4.81. The summed E-state index contributed by atoms with van der Waals surface area (Å²) in [4.78, 5) is 0. The van der Waals surface area contributed by atoms with Crippen molar-refractivity contribution in [3.05, 3.63) is 0 Å². The van der Waals surface area contributed by atoms with Crippen LogP contribution in [0.3, 0.4) is 0 Å². The van der Waals surface area contributed by atoms with Crippen molar-refractivity contribution in [1.29, 1.82) is 0 Å². The van der Waals surface area contributed by atoms with E-state index in [-0.39, 0.29) is 37.1 Å². The maximum atomic E-state index is 5.20. The van der Waals surface area contributed by atoms with Gasteiger partial charge in [-0.2, -0.15) is 0 Å². The highest BCUT2D eigenvalue weighted by atomic mass is 16.7. The Hall–Kier alpha value is -0.0800. The van der Waals surface area contributed by atoms with Crippen molar-refractivity contribution in [1.82, 2.24) is 0 Å². The quantitative estimate of drug-likeness (QED) is 0.456. The molecule has 102 valence electrons. The molecule has 0 heterocycles. The molecule has 0 radical (unpaired) electrons. The van der Waals surface area contributed by atoms with Crippen LogP contribution in [0.2, 0.25) is 0 Å². The van der Waals surface area contributed by atoms with Gasteiger partial charge in [0.15, 0.2) is 0 Å². The topological polar surface area (TPSA) is 18.5 Å². The Morgan fingerprint density at radius 3 is 1.67 bits per heavy atom. The predicted molar refractivity (Wildman–Crippen MR) is 75.6 cm³/mol. The van der Waals surface area contributed by atoms with Crippen LogP contribution in [-0.4, -0.2) is 20.0 Å². The highest BCUT2D eigenvalue weighted by Crippen LogP contribution is 1.99. The first kappa shape index (κ1) is 36.3. The standard InChI is InChI=1S/C8H18O2.5CH4/c1-4-8(3)6-10-7-9-5-2;;;;;/h8H,4-7H2,1-3H3;5*1H4. The summed E-state index contributed by atoms with van der Waals surface area (Å²) in [7, 11) is 0. The molecule has 1 unspecified atom stereocenters. The minimum Gasteiger partial charge on any atom is -0.356 e. The largest absolute Gasteiger partial charge is 0.356 e. The third kappa shape index (κ3) is 31.5. The summed E-state index contributed by atoms with van der Waals surface area (Å²) in [5.41, 5.74) is 0. The van der Waals surface area contributed by atoms with Crippen molar-refractivity contribution in [2.75, 3.05) is 20.0 Å². The van der Waals surface area contributed by atoms with Gasteiger partial charge in [0.25, 0.3) is 0 Å². The fraction of sp³-hybridized carbons (Fsp3) is 1.00. The lowest BCUT2D eigenvalue weighted by atomic mass is 10.1. The van der Waals surface area contributed by atoms with Crippen molar-refractivity contribution in [3.8, 4) is 0 Å². The molecule has 0 aromatic carbocycles. The van der Waals surface area contributed by atoms with Gasteiger partial charge < -0.3 is 9.47 Å². The molecule has 0 aliphatic carbocycles.